The normalized spacial score (nSPS) is 16.7. The molecule has 0 unspecified atom stereocenters. The second-order valence-electron chi connectivity index (χ2n) is 5.74. The molecule has 0 spiro atoms. The quantitative estimate of drug-likeness (QED) is 0.685. The van der Waals surface area contributed by atoms with Crippen LogP contribution in [0, 0.1) is 27.2 Å². The second kappa shape index (κ2) is 5.75. The van der Waals surface area contributed by atoms with Crippen molar-refractivity contribution in [2.45, 2.75) is 32.6 Å². The Kier molecular flexibility index (Phi) is 4.20. The Morgan fingerprint density at radius 3 is 2.52 bits per heavy atom. The summed E-state index contributed by atoms with van der Waals surface area (Å²) in [6, 6.07) is 1.00. The van der Waals surface area contributed by atoms with Gasteiger partial charge in [0, 0.05) is 6.54 Å². The third-order valence-corrected chi connectivity index (χ3v) is 3.96. The van der Waals surface area contributed by atoms with Gasteiger partial charge < -0.3 is 5.32 Å². The van der Waals surface area contributed by atoms with Crippen LogP contribution in [0.25, 0.3) is 0 Å². The first-order chi connectivity index (χ1) is 9.82. The summed E-state index contributed by atoms with van der Waals surface area (Å²) in [6.45, 7) is 2.41. The van der Waals surface area contributed by atoms with Crippen LogP contribution in [0.1, 0.15) is 43.0 Å². The molecule has 0 aromatic heterocycles. The first-order valence-electron chi connectivity index (χ1n) is 6.74. The van der Waals surface area contributed by atoms with E-state index in [1.54, 1.807) is 0 Å². The minimum Gasteiger partial charge on any atom is -0.351 e. The lowest BCUT2D eigenvalue weighted by Crippen LogP contribution is -2.34. The van der Waals surface area contributed by atoms with Crippen LogP contribution in [0.5, 0.6) is 0 Å². The first kappa shape index (κ1) is 15.3. The number of nitrogens with zero attached hydrogens (tertiary/aromatic N) is 1. The predicted molar refractivity (Wildman–Crippen MR) is 71.9 cm³/mol. The van der Waals surface area contributed by atoms with E-state index in [9.17, 15) is 23.7 Å². The van der Waals surface area contributed by atoms with Gasteiger partial charge in [-0.3, -0.25) is 14.9 Å². The van der Waals surface area contributed by atoms with Gasteiger partial charge in [-0.1, -0.05) is 19.8 Å². The molecular weight excluding hydrogens is 282 g/mol. The number of nitro groups is 1. The van der Waals surface area contributed by atoms with Gasteiger partial charge >= 0.3 is 5.69 Å². The van der Waals surface area contributed by atoms with Gasteiger partial charge in [0.05, 0.1) is 16.6 Å². The topological polar surface area (TPSA) is 72.2 Å². The fourth-order valence-corrected chi connectivity index (χ4v) is 2.64. The van der Waals surface area contributed by atoms with Crippen molar-refractivity contribution in [1.82, 2.24) is 5.32 Å². The third kappa shape index (κ3) is 3.34. The summed E-state index contributed by atoms with van der Waals surface area (Å²) in [5, 5.41) is 13.1. The van der Waals surface area contributed by atoms with Crippen molar-refractivity contribution in [3.8, 4) is 0 Å². The number of benzene rings is 1. The SMILES string of the molecule is CC1(CNC(=O)c2cc(F)c([N+](=O)[O-])cc2F)CCCC1. The van der Waals surface area contributed by atoms with Crippen LogP contribution in [0.15, 0.2) is 12.1 Å². The zero-order chi connectivity index (χ0) is 15.6. The highest BCUT2D eigenvalue weighted by molar-refractivity contribution is 5.94. The van der Waals surface area contributed by atoms with E-state index < -0.39 is 33.7 Å². The van der Waals surface area contributed by atoms with Gasteiger partial charge in [-0.2, -0.15) is 4.39 Å². The number of carbonyl (C=O) groups excluding carboxylic acids is 1. The molecule has 0 aliphatic heterocycles. The average Bonchev–Trinajstić information content (AvgIpc) is 2.85. The van der Waals surface area contributed by atoms with Crippen LogP contribution >= 0.6 is 0 Å². The van der Waals surface area contributed by atoms with E-state index >= 15 is 0 Å². The molecule has 2 rings (SSSR count). The lowest BCUT2D eigenvalue weighted by molar-refractivity contribution is -0.387. The maximum atomic E-state index is 13.7. The summed E-state index contributed by atoms with van der Waals surface area (Å²) in [5.74, 6) is -3.08. The number of hydrogen-bond acceptors (Lipinski definition) is 3. The molecule has 1 aromatic rings. The third-order valence-electron chi connectivity index (χ3n) is 3.96. The molecule has 1 aliphatic rings. The Labute approximate surface area is 120 Å². The van der Waals surface area contributed by atoms with Crippen LogP contribution in [0.3, 0.4) is 0 Å². The predicted octanol–water partition coefficient (Wildman–Crippen LogP) is 3.18. The molecule has 1 saturated carbocycles. The van der Waals surface area contributed by atoms with Crippen molar-refractivity contribution in [3.05, 3.63) is 39.4 Å². The van der Waals surface area contributed by atoms with E-state index in [4.69, 9.17) is 0 Å². The Balaban J connectivity index is 2.12. The average molecular weight is 298 g/mol. The fraction of sp³-hybridized carbons (Fsp3) is 0.500. The number of nitrogens with one attached hydrogen (secondary N) is 1. The van der Waals surface area contributed by atoms with Crippen molar-refractivity contribution in [2.75, 3.05) is 6.54 Å². The summed E-state index contributed by atoms with van der Waals surface area (Å²) >= 11 is 0. The van der Waals surface area contributed by atoms with E-state index in [-0.39, 0.29) is 5.41 Å². The van der Waals surface area contributed by atoms with Gasteiger partial charge in [0.1, 0.15) is 5.82 Å². The minimum atomic E-state index is -1.22. The standard InChI is InChI=1S/C14H16F2N2O3/c1-14(4-2-3-5-14)8-17-13(19)9-6-11(16)12(18(20)21)7-10(9)15/h6-7H,2-5,8H2,1H3,(H,17,19). The first-order valence-corrected chi connectivity index (χ1v) is 6.74. The molecule has 1 N–H and O–H groups in total. The molecule has 5 nitrogen and oxygen atoms in total. The maximum Gasteiger partial charge on any atom is 0.307 e. The molecule has 0 radical (unpaired) electrons. The summed E-state index contributed by atoms with van der Waals surface area (Å²) in [6.07, 6.45) is 4.13. The number of amides is 1. The Bertz CT molecular complexity index is 584. The zero-order valence-electron chi connectivity index (χ0n) is 11.6. The van der Waals surface area contributed by atoms with E-state index in [2.05, 4.69) is 5.32 Å². The number of halogens is 2. The molecular formula is C14H16F2N2O3. The summed E-state index contributed by atoms with van der Waals surface area (Å²) < 4.78 is 27.2. The molecule has 0 heterocycles. The molecule has 1 fully saturated rings. The number of carbonyl (C=O) groups is 1. The Hall–Kier alpha value is -2.05. The highest BCUT2D eigenvalue weighted by Gasteiger charge is 2.30. The van der Waals surface area contributed by atoms with Crippen LogP contribution in [0.4, 0.5) is 14.5 Å². The summed E-state index contributed by atoms with van der Waals surface area (Å²) in [5.41, 5.74) is -1.52. The number of hydrogen-bond donors (Lipinski definition) is 1. The van der Waals surface area contributed by atoms with Crippen LogP contribution in [-0.4, -0.2) is 17.4 Å². The molecule has 0 saturated heterocycles. The fourth-order valence-electron chi connectivity index (χ4n) is 2.64. The molecule has 7 heteroatoms. The molecule has 0 bridgehead atoms. The molecule has 1 aliphatic carbocycles. The summed E-state index contributed by atoms with van der Waals surface area (Å²) in [7, 11) is 0. The smallest absolute Gasteiger partial charge is 0.307 e. The Morgan fingerprint density at radius 2 is 1.95 bits per heavy atom. The van der Waals surface area contributed by atoms with Crippen LogP contribution in [0.2, 0.25) is 0 Å². The van der Waals surface area contributed by atoms with Gasteiger partial charge in [0.25, 0.3) is 5.91 Å². The van der Waals surface area contributed by atoms with Crippen LogP contribution in [-0.2, 0) is 0 Å². The largest absolute Gasteiger partial charge is 0.351 e. The van der Waals surface area contributed by atoms with Crippen molar-refractivity contribution in [3.63, 3.8) is 0 Å². The van der Waals surface area contributed by atoms with E-state index in [1.807, 2.05) is 6.92 Å². The lowest BCUT2D eigenvalue weighted by Gasteiger charge is -2.23. The van der Waals surface area contributed by atoms with Gasteiger partial charge in [-0.05, 0) is 24.3 Å². The number of nitro benzene ring substituents is 1. The number of rotatable bonds is 4. The molecule has 1 amide bonds. The lowest BCUT2D eigenvalue weighted by atomic mass is 9.89. The second-order valence-corrected chi connectivity index (χ2v) is 5.74. The highest BCUT2D eigenvalue weighted by Crippen LogP contribution is 2.36. The van der Waals surface area contributed by atoms with E-state index in [0.717, 1.165) is 25.7 Å². The van der Waals surface area contributed by atoms with E-state index in [0.29, 0.717) is 18.7 Å². The maximum absolute atomic E-state index is 13.7. The minimum absolute atomic E-state index is 0.0224. The van der Waals surface area contributed by atoms with Gasteiger partial charge in [0.15, 0.2) is 0 Å². The van der Waals surface area contributed by atoms with Crippen molar-refractivity contribution >= 4 is 11.6 Å². The highest BCUT2D eigenvalue weighted by atomic mass is 19.1. The molecule has 1 aromatic carbocycles. The van der Waals surface area contributed by atoms with Crippen molar-refractivity contribution < 1.29 is 18.5 Å². The van der Waals surface area contributed by atoms with Gasteiger partial charge in [-0.25, -0.2) is 4.39 Å². The molecule has 114 valence electrons. The van der Waals surface area contributed by atoms with Gasteiger partial charge in [0.2, 0.25) is 5.82 Å². The van der Waals surface area contributed by atoms with E-state index in [1.165, 1.54) is 0 Å². The van der Waals surface area contributed by atoms with Crippen molar-refractivity contribution in [2.24, 2.45) is 5.41 Å². The molecule has 0 atom stereocenters. The zero-order valence-corrected chi connectivity index (χ0v) is 11.6. The molecule has 21 heavy (non-hydrogen) atoms. The van der Waals surface area contributed by atoms with Crippen molar-refractivity contribution in [1.29, 1.82) is 0 Å². The monoisotopic (exact) mass is 298 g/mol. The summed E-state index contributed by atoms with van der Waals surface area (Å²) in [4.78, 5) is 21.4. The van der Waals surface area contributed by atoms with Crippen LogP contribution < -0.4 is 5.32 Å². The van der Waals surface area contributed by atoms with Gasteiger partial charge in [-0.15, -0.1) is 0 Å². The Morgan fingerprint density at radius 1 is 1.33 bits per heavy atom.